The van der Waals surface area contributed by atoms with Gasteiger partial charge >= 0.3 is 0 Å². The Kier molecular flexibility index (Phi) is 4.62. The molecule has 2 amide bonds. The van der Waals surface area contributed by atoms with Gasteiger partial charge in [-0.25, -0.2) is 0 Å². The molecule has 1 aliphatic carbocycles. The van der Waals surface area contributed by atoms with Crippen molar-refractivity contribution in [3.8, 4) is 0 Å². The summed E-state index contributed by atoms with van der Waals surface area (Å²) >= 11 is 5.95. The molecule has 23 heavy (non-hydrogen) atoms. The van der Waals surface area contributed by atoms with Crippen LogP contribution >= 0.6 is 11.6 Å². The van der Waals surface area contributed by atoms with Gasteiger partial charge in [-0.3, -0.25) is 9.59 Å². The first-order valence-corrected chi connectivity index (χ1v) is 8.83. The van der Waals surface area contributed by atoms with Crippen LogP contribution < -0.4 is 5.32 Å². The van der Waals surface area contributed by atoms with Gasteiger partial charge in [-0.1, -0.05) is 24.6 Å². The van der Waals surface area contributed by atoms with Gasteiger partial charge in [0.1, 0.15) is 5.41 Å². The summed E-state index contributed by atoms with van der Waals surface area (Å²) in [6.07, 6.45) is 5.50. The van der Waals surface area contributed by atoms with Crippen LogP contribution in [0.25, 0.3) is 0 Å². The molecule has 0 bridgehead atoms. The van der Waals surface area contributed by atoms with Gasteiger partial charge in [0.2, 0.25) is 11.8 Å². The molecule has 4 nitrogen and oxygen atoms in total. The van der Waals surface area contributed by atoms with E-state index in [4.69, 9.17) is 11.6 Å². The van der Waals surface area contributed by atoms with Crippen LogP contribution in [0.4, 0.5) is 5.69 Å². The van der Waals surface area contributed by atoms with Gasteiger partial charge in [0.15, 0.2) is 0 Å². The lowest BCUT2D eigenvalue weighted by molar-refractivity contribution is -0.145. The smallest absolute Gasteiger partial charge is 0.240 e. The van der Waals surface area contributed by atoms with E-state index in [-0.39, 0.29) is 17.9 Å². The summed E-state index contributed by atoms with van der Waals surface area (Å²) in [7, 11) is 0. The lowest BCUT2D eigenvalue weighted by Crippen LogP contribution is -2.49. The van der Waals surface area contributed by atoms with Crippen molar-refractivity contribution >= 4 is 29.1 Å². The second-order valence-corrected chi connectivity index (χ2v) is 7.04. The summed E-state index contributed by atoms with van der Waals surface area (Å²) in [4.78, 5) is 27.6. The Balaban J connectivity index is 1.73. The normalized spacial score (nSPS) is 22.5. The van der Waals surface area contributed by atoms with Crippen LogP contribution in [0.1, 0.15) is 45.4 Å². The van der Waals surface area contributed by atoms with Crippen molar-refractivity contribution in [3.63, 3.8) is 0 Å². The fraction of sp³-hybridized carbons (Fsp3) is 0.556. The van der Waals surface area contributed by atoms with Crippen molar-refractivity contribution in [2.24, 2.45) is 5.41 Å². The van der Waals surface area contributed by atoms with Gasteiger partial charge in [0.05, 0.1) is 0 Å². The van der Waals surface area contributed by atoms with E-state index in [0.717, 1.165) is 25.8 Å². The molecule has 5 heteroatoms. The lowest BCUT2D eigenvalue weighted by Gasteiger charge is -2.37. The average molecular weight is 335 g/mol. The number of anilines is 1. The van der Waals surface area contributed by atoms with Crippen LogP contribution in [0.15, 0.2) is 24.3 Å². The Morgan fingerprint density at radius 3 is 2.78 bits per heavy atom. The molecule has 0 aromatic heterocycles. The number of piperidine rings is 1. The molecular formula is C18H23ClN2O2. The number of likely N-dealkylation sites (tertiary alicyclic amines) is 1. The summed E-state index contributed by atoms with van der Waals surface area (Å²) in [6.45, 7) is 2.89. The highest BCUT2D eigenvalue weighted by Crippen LogP contribution is 2.49. The zero-order chi connectivity index (χ0) is 16.4. The van der Waals surface area contributed by atoms with Gasteiger partial charge in [-0.15, -0.1) is 0 Å². The Morgan fingerprint density at radius 2 is 2.13 bits per heavy atom. The highest BCUT2D eigenvalue weighted by molar-refractivity contribution is 6.31. The summed E-state index contributed by atoms with van der Waals surface area (Å²) in [5.74, 6) is -0.172. The summed E-state index contributed by atoms with van der Waals surface area (Å²) in [5, 5.41) is 3.44. The third kappa shape index (κ3) is 3.23. The molecule has 0 radical (unpaired) electrons. The molecule has 2 fully saturated rings. The van der Waals surface area contributed by atoms with Crippen LogP contribution in [-0.2, 0) is 9.59 Å². The van der Waals surface area contributed by atoms with E-state index in [9.17, 15) is 9.59 Å². The van der Waals surface area contributed by atoms with E-state index in [2.05, 4.69) is 12.2 Å². The minimum Gasteiger partial charge on any atom is -0.339 e. The van der Waals surface area contributed by atoms with E-state index in [1.807, 2.05) is 4.90 Å². The number of hydrogen-bond acceptors (Lipinski definition) is 2. The van der Waals surface area contributed by atoms with Crippen LogP contribution in [0.5, 0.6) is 0 Å². The zero-order valence-electron chi connectivity index (χ0n) is 13.5. The highest BCUT2D eigenvalue weighted by Gasteiger charge is 2.58. The second kappa shape index (κ2) is 6.52. The lowest BCUT2D eigenvalue weighted by atomic mass is 9.95. The molecule has 1 aromatic rings. The molecule has 1 heterocycles. The van der Waals surface area contributed by atoms with E-state index < -0.39 is 5.41 Å². The van der Waals surface area contributed by atoms with E-state index in [1.165, 1.54) is 6.42 Å². The summed E-state index contributed by atoms with van der Waals surface area (Å²) in [6, 6.07) is 7.33. The first kappa shape index (κ1) is 16.3. The Labute approximate surface area is 142 Å². The molecule has 1 unspecified atom stereocenters. The molecule has 124 valence electrons. The number of carbonyl (C=O) groups is 2. The zero-order valence-corrected chi connectivity index (χ0v) is 14.2. The van der Waals surface area contributed by atoms with Crippen molar-refractivity contribution in [2.75, 3.05) is 11.9 Å². The van der Waals surface area contributed by atoms with Crippen LogP contribution in [-0.4, -0.2) is 29.3 Å². The predicted octanol–water partition coefficient (Wildman–Crippen LogP) is 3.85. The number of amides is 2. The largest absolute Gasteiger partial charge is 0.339 e. The minimum atomic E-state index is -0.854. The maximum Gasteiger partial charge on any atom is 0.240 e. The quantitative estimate of drug-likeness (QED) is 0.850. The summed E-state index contributed by atoms with van der Waals surface area (Å²) in [5.41, 5.74) is -0.208. The van der Waals surface area contributed by atoms with E-state index in [1.54, 1.807) is 24.3 Å². The minimum absolute atomic E-state index is 0.0172. The van der Waals surface area contributed by atoms with E-state index >= 15 is 0 Å². The molecule has 1 aliphatic heterocycles. The third-order valence-corrected chi connectivity index (χ3v) is 5.27. The molecule has 1 atom stereocenters. The Hall–Kier alpha value is -1.55. The molecule has 2 aliphatic rings. The van der Waals surface area contributed by atoms with Gasteiger partial charge in [-0.2, -0.15) is 0 Å². The SMILES string of the molecule is CCC1CCCCN1C(=O)C1(C(=O)Nc2cccc(Cl)c2)CC1. The number of nitrogens with one attached hydrogen (secondary N) is 1. The predicted molar refractivity (Wildman–Crippen MR) is 91.4 cm³/mol. The molecule has 0 spiro atoms. The van der Waals surface area contributed by atoms with Crippen molar-refractivity contribution < 1.29 is 9.59 Å². The average Bonchev–Trinajstić information content (AvgIpc) is 3.36. The first-order chi connectivity index (χ1) is 11.1. The molecule has 1 aromatic carbocycles. The van der Waals surface area contributed by atoms with Crippen molar-refractivity contribution in [1.82, 2.24) is 4.90 Å². The van der Waals surface area contributed by atoms with Crippen LogP contribution in [0.3, 0.4) is 0 Å². The van der Waals surface area contributed by atoms with Gasteiger partial charge in [0, 0.05) is 23.3 Å². The fourth-order valence-corrected chi connectivity index (χ4v) is 3.64. The molecule has 1 saturated heterocycles. The summed E-state index contributed by atoms with van der Waals surface area (Å²) < 4.78 is 0. The van der Waals surface area contributed by atoms with Gasteiger partial charge in [0.25, 0.3) is 0 Å². The van der Waals surface area contributed by atoms with E-state index in [0.29, 0.717) is 23.6 Å². The molecule has 1 saturated carbocycles. The second-order valence-electron chi connectivity index (χ2n) is 6.60. The molecule has 3 rings (SSSR count). The van der Waals surface area contributed by atoms with Crippen LogP contribution in [0.2, 0.25) is 5.02 Å². The highest BCUT2D eigenvalue weighted by atomic mass is 35.5. The standard InChI is InChI=1S/C18H23ClN2O2/c1-2-15-8-3-4-11-21(15)17(23)18(9-10-18)16(22)20-14-7-5-6-13(19)12-14/h5-7,12,15H,2-4,8-11H2,1H3,(H,20,22). The molecular weight excluding hydrogens is 312 g/mol. The number of halogens is 1. The first-order valence-electron chi connectivity index (χ1n) is 8.45. The van der Waals surface area contributed by atoms with Crippen molar-refractivity contribution in [1.29, 1.82) is 0 Å². The number of rotatable bonds is 4. The third-order valence-electron chi connectivity index (χ3n) is 5.04. The maximum atomic E-state index is 13.0. The Morgan fingerprint density at radius 1 is 1.35 bits per heavy atom. The van der Waals surface area contributed by atoms with Crippen molar-refractivity contribution in [3.05, 3.63) is 29.3 Å². The fourth-order valence-electron chi connectivity index (χ4n) is 3.45. The molecule has 1 N–H and O–H groups in total. The maximum absolute atomic E-state index is 13.0. The van der Waals surface area contributed by atoms with Gasteiger partial charge in [-0.05, 0) is 56.7 Å². The van der Waals surface area contributed by atoms with Gasteiger partial charge < -0.3 is 10.2 Å². The topological polar surface area (TPSA) is 49.4 Å². The number of nitrogens with zero attached hydrogens (tertiary/aromatic N) is 1. The monoisotopic (exact) mass is 334 g/mol. The van der Waals surface area contributed by atoms with Crippen LogP contribution in [0, 0.1) is 5.41 Å². The number of carbonyl (C=O) groups excluding carboxylic acids is 2. The number of benzene rings is 1. The van der Waals surface area contributed by atoms with Crippen molar-refractivity contribution in [2.45, 2.75) is 51.5 Å². The Bertz CT molecular complexity index is 613. The number of hydrogen-bond donors (Lipinski definition) is 1.